The number of thioether (sulfide) groups is 2. The van der Waals surface area contributed by atoms with E-state index >= 15 is 0 Å². The second-order valence-electron chi connectivity index (χ2n) is 9.48. The Morgan fingerprint density at radius 2 is 1.60 bits per heavy atom. The summed E-state index contributed by atoms with van der Waals surface area (Å²) >= 11 is 4.29. The van der Waals surface area contributed by atoms with Crippen LogP contribution in [-0.4, -0.2) is 38.9 Å². The van der Waals surface area contributed by atoms with Crippen LogP contribution in [0.1, 0.15) is 30.0 Å². The molecule has 0 fully saturated rings. The molecule has 0 bridgehead atoms. The molecule has 3 amide bonds. The monoisotopic (exact) mass is 655 g/mol. The summed E-state index contributed by atoms with van der Waals surface area (Å²) in [6.45, 7) is 3.84. The topological polar surface area (TPSA) is 126 Å². The molecular weight excluding hydrogens is 627 g/mol. The number of furan rings is 1. The van der Waals surface area contributed by atoms with E-state index in [2.05, 4.69) is 26.1 Å². The summed E-state index contributed by atoms with van der Waals surface area (Å²) in [5.74, 6) is 0.780. The van der Waals surface area contributed by atoms with Gasteiger partial charge in [-0.2, -0.15) is 0 Å². The van der Waals surface area contributed by atoms with Crippen LogP contribution in [0.25, 0.3) is 17.4 Å². The van der Waals surface area contributed by atoms with Crippen molar-refractivity contribution in [2.45, 2.75) is 28.3 Å². The van der Waals surface area contributed by atoms with E-state index in [4.69, 9.17) is 4.42 Å². The van der Waals surface area contributed by atoms with E-state index in [1.165, 1.54) is 29.2 Å². The van der Waals surface area contributed by atoms with Crippen LogP contribution in [0.15, 0.2) is 116 Å². The quantitative estimate of drug-likeness (QED) is 0.0720. The zero-order valence-electron chi connectivity index (χ0n) is 24.4. The molecule has 9 nitrogen and oxygen atoms in total. The lowest BCUT2D eigenvalue weighted by Gasteiger charge is -2.12. The number of hydrogen-bond donors (Lipinski definition) is 3. The van der Waals surface area contributed by atoms with Gasteiger partial charge in [0.15, 0.2) is 4.34 Å². The molecule has 5 rings (SSSR count). The average Bonchev–Trinajstić information content (AvgIpc) is 3.72. The first-order valence-electron chi connectivity index (χ1n) is 14.0. The van der Waals surface area contributed by atoms with Crippen LogP contribution in [0.4, 0.5) is 10.8 Å². The molecule has 0 saturated heterocycles. The summed E-state index contributed by atoms with van der Waals surface area (Å²) in [6.07, 6.45) is 1.50. The Morgan fingerprint density at radius 3 is 2.31 bits per heavy atom. The van der Waals surface area contributed by atoms with E-state index in [-0.39, 0.29) is 11.6 Å². The number of anilines is 2. The molecule has 2 heterocycles. The van der Waals surface area contributed by atoms with Crippen LogP contribution in [0.3, 0.4) is 0 Å². The van der Waals surface area contributed by atoms with Crippen LogP contribution in [0.5, 0.6) is 0 Å². The zero-order chi connectivity index (χ0) is 31.6. The van der Waals surface area contributed by atoms with Crippen molar-refractivity contribution in [3.05, 3.63) is 114 Å². The van der Waals surface area contributed by atoms with Gasteiger partial charge in [-0.3, -0.25) is 19.7 Å². The van der Waals surface area contributed by atoms with E-state index in [1.54, 1.807) is 54.2 Å². The highest BCUT2D eigenvalue weighted by Gasteiger charge is 2.19. The lowest BCUT2D eigenvalue weighted by atomic mass is 10.2. The molecule has 5 aromatic rings. The maximum absolute atomic E-state index is 13.4. The van der Waals surface area contributed by atoms with Gasteiger partial charge in [-0.05, 0) is 61.2 Å². The van der Waals surface area contributed by atoms with Crippen LogP contribution in [0.2, 0.25) is 0 Å². The number of aromatic nitrogens is 2. The zero-order valence-corrected chi connectivity index (χ0v) is 26.8. The third-order valence-corrected chi connectivity index (χ3v) is 9.17. The lowest BCUT2D eigenvalue weighted by Crippen LogP contribution is -2.30. The predicted octanol–water partition coefficient (Wildman–Crippen LogP) is 7.44. The Morgan fingerprint density at radius 1 is 0.889 bits per heavy atom. The summed E-state index contributed by atoms with van der Waals surface area (Å²) in [5.41, 5.74) is 1.83. The smallest absolute Gasteiger partial charge is 0.272 e. The van der Waals surface area contributed by atoms with Gasteiger partial charge < -0.3 is 15.1 Å². The Balaban J connectivity index is 1.26. The van der Waals surface area contributed by atoms with Crippen molar-refractivity contribution in [2.24, 2.45) is 0 Å². The fourth-order valence-corrected chi connectivity index (χ4v) is 6.51. The van der Waals surface area contributed by atoms with Crippen LogP contribution >= 0.6 is 34.9 Å². The van der Waals surface area contributed by atoms with Crippen LogP contribution in [0, 0.1) is 0 Å². The molecule has 0 spiro atoms. The number of amides is 3. The fraction of sp³-hybridized carbons (Fsp3) is 0.121. The summed E-state index contributed by atoms with van der Waals surface area (Å²) < 4.78 is 6.77. The first kappa shape index (κ1) is 31.8. The Labute approximate surface area is 272 Å². The van der Waals surface area contributed by atoms with Crippen molar-refractivity contribution in [1.82, 2.24) is 15.5 Å². The highest BCUT2D eigenvalue weighted by atomic mass is 32.2. The number of benzene rings is 3. The minimum absolute atomic E-state index is 0.0127. The minimum atomic E-state index is -0.525. The summed E-state index contributed by atoms with van der Waals surface area (Å²) in [7, 11) is 0. The molecule has 228 valence electrons. The van der Waals surface area contributed by atoms with Crippen LogP contribution in [-0.2, 0) is 9.59 Å². The number of carbonyl (C=O) groups is 3. The van der Waals surface area contributed by atoms with Crippen molar-refractivity contribution in [3.63, 3.8) is 0 Å². The standard InChI is InChI=1S/C33H29N5O4S3/c1-3-43-33-38-37-32(45-33)36-29(39)21(2)44-26-17-14-24(15-18-26)34-31(41)27(35-30(40)23-12-8-5-9-13-23)20-25-16-19-28(42-25)22-10-6-4-7-11-22/h4-21H,3H2,1-2H3,(H,34,41)(H,35,40)(H,36,37,39)/b27-20-/t21-/m0/s1. The second kappa shape index (κ2) is 15.4. The number of hydrogen-bond acceptors (Lipinski definition) is 9. The van der Waals surface area contributed by atoms with Gasteiger partial charge in [0, 0.05) is 27.8 Å². The number of nitrogens with zero attached hydrogens (tertiary/aromatic N) is 2. The molecule has 12 heteroatoms. The molecule has 1 atom stereocenters. The van der Waals surface area contributed by atoms with Gasteiger partial charge in [0.1, 0.15) is 17.2 Å². The molecular formula is C33H29N5O4S3. The number of carbonyl (C=O) groups excluding carboxylic acids is 3. The molecule has 45 heavy (non-hydrogen) atoms. The van der Waals surface area contributed by atoms with Gasteiger partial charge in [0.2, 0.25) is 11.0 Å². The molecule has 0 aliphatic carbocycles. The van der Waals surface area contributed by atoms with E-state index < -0.39 is 17.1 Å². The SMILES string of the molecule is CCSc1nnc(NC(=O)[C@H](C)Sc2ccc(NC(=O)/C(=C/c3ccc(-c4ccccc4)o3)NC(=O)c3ccccc3)cc2)s1. The van der Waals surface area contributed by atoms with Gasteiger partial charge >= 0.3 is 0 Å². The van der Waals surface area contributed by atoms with Gasteiger partial charge in [-0.1, -0.05) is 78.6 Å². The molecule has 3 N–H and O–H groups in total. The Bertz CT molecular complexity index is 1790. The highest BCUT2D eigenvalue weighted by molar-refractivity contribution is 8.01. The number of rotatable bonds is 12. The summed E-state index contributed by atoms with van der Waals surface area (Å²) in [6, 6.07) is 28.9. The van der Waals surface area contributed by atoms with Gasteiger partial charge in [0.25, 0.3) is 11.8 Å². The van der Waals surface area contributed by atoms with E-state index in [0.29, 0.717) is 27.9 Å². The minimum Gasteiger partial charge on any atom is -0.457 e. The van der Waals surface area contributed by atoms with Gasteiger partial charge in [-0.15, -0.1) is 22.0 Å². The van der Waals surface area contributed by atoms with E-state index in [1.807, 2.05) is 68.4 Å². The van der Waals surface area contributed by atoms with Crippen molar-refractivity contribution < 1.29 is 18.8 Å². The predicted molar refractivity (Wildman–Crippen MR) is 181 cm³/mol. The molecule has 0 unspecified atom stereocenters. The third kappa shape index (κ3) is 8.94. The highest BCUT2D eigenvalue weighted by Crippen LogP contribution is 2.29. The van der Waals surface area contributed by atoms with Crippen molar-refractivity contribution in [2.75, 3.05) is 16.4 Å². The van der Waals surface area contributed by atoms with Crippen molar-refractivity contribution in [3.8, 4) is 11.3 Å². The third-order valence-electron chi connectivity index (χ3n) is 6.20. The molecule has 0 saturated carbocycles. The van der Waals surface area contributed by atoms with Crippen molar-refractivity contribution >= 4 is 69.5 Å². The largest absolute Gasteiger partial charge is 0.457 e. The fourth-order valence-electron chi connectivity index (χ4n) is 3.99. The van der Waals surface area contributed by atoms with Gasteiger partial charge in [-0.25, -0.2) is 0 Å². The first-order chi connectivity index (χ1) is 21.9. The van der Waals surface area contributed by atoms with E-state index in [9.17, 15) is 14.4 Å². The van der Waals surface area contributed by atoms with Gasteiger partial charge in [0.05, 0.1) is 5.25 Å². The lowest BCUT2D eigenvalue weighted by molar-refractivity contribution is -0.115. The molecule has 0 aliphatic heterocycles. The first-order valence-corrected chi connectivity index (χ1v) is 16.6. The molecule has 0 aliphatic rings. The molecule has 2 aromatic heterocycles. The Hall–Kier alpha value is -4.65. The normalized spacial score (nSPS) is 11.9. The molecule has 0 radical (unpaired) electrons. The number of nitrogens with one attached hydrogen (secondary N) is 3. The average molecular weight is 656 g/mol. The Kier molecular flexibility index (Phi) is 10.9. The summed E-state index contributed by atoms with van der Waals surface area (Å²) in [5, 5.41) is 16.5. The maximum Gasteiger partial charge on any atom is 0.272 e. The van der Waals surface area contributed by atoms with E-state index in [0.717, 1.165) is 20.6 Å². The van der Waals surface area contributed by atoms with Crippen LogP contribution < -0.4 is 16.0 Å². The second-order valence-corrected chi connectivity index (χ2v) is 13.4. The summed E-state index contributed by atoms with van der Waals surface area (Å²) in [4.78, 5) is 39.9. The molecule has 3 aromatic carbocycles. The van der Waals surface area contributed by atoms with Crippen molar-refractivity contribution in [1.29, 1.82) is 0 Å². The maximum atomic E-state index is 13.4.